The van der Waals surface area contributed by atoms with Gasteiger partial charge in [0.15, 0.2) is 5.69 Å². The summed E-state index contributed by atoms with van der Waals surface area (Å²) in [5, 5.41) is 3.83. The lowest BCUT2D eigenvalue weighted by molar-refractivity contribution is 1.40. The standard InChI is InChI=1S/C6H4N2OS2/c9-6-5(7-11-8-6)4-1-2-10-3-4/h1-3H,(H,8,9). The van der Waals surface area contributed by atoms with Crippen molar-refractivity contribution in [3.63, 3.8) is 0 Å². The zero-order valence-corrected chi connectivity index (χ0v) is 7.04. The Bertz CT molecular complexity index is 387. The molecule has 0 unspecified atom stereocenters. The molecular formula is C6H4N2OS2. The Morgan fingerprint density at radius 2 is 2.45 bits per heavy atom. The first-order valence-electron chi connectivity index (χ1n) is 2.95. The minimum absolute atomic E-state index is 0.103. The van der Waals surface area contributed by atoms with Crippen LogP contribution in [0.3, 0.4) is 0 Å². The van der Waals surface area contributed by atoms with Gasteiger partial charge in [0, 0.05) is 22.7 Å². The number of nitrogens with zero attached hydrogens (tertiary/aromatic N) is 1. The number of H-pyrrole nitrogens is 1. The molecule has 0 saturated carbocycles. The highest BCUT2D eigenvalue weighted by atomic mass is 32.1. The lowest BCUT2D eigenvalue weighted by atomic mass is 10.3. The first-order chi connectivity index (χ1) is 5.38. The fourth-order valence-corrected chi connectivity index (χ4v) is 1.93. The van der Waals surface area contributed by atoms with Crippen LogP contribution in [0.2, 0.25) is 0 Å². The molecule has 0 radical (unpaired) electrons. The van der Waals surface area contributed by atoms with E-state index in [-0.39, 0.29) is 5.56 Å². The molecule has 2 aromatic heterocycles. The Labute approximate surface area is 70.7 Å². The van der Waals surface area contributed by atoms with Gasteiger partial charge in [-0.25, -0.2) is 0 Å². The van der Waals surface area contributed by atoms with Gasteiger partial charge in [-0.3, -0.25) is 9.17 Å². The summed E-state index contributed by atoms with van der Waals surface area (Å²) in [5.74, 6) is 0. The molecule has 0 amide bonds. The highest BCUT2D eigenvalue weighted by Crippen LogP contribution is 2.16. The molecule has 5 heteroatoms. The first kappa shape index (κ1) is 6.75. The molecule has 0 atom stereocenters. The molecule has 0 bridgehead atoms. The predicted molar refractivity (Wildman–Crippen MR) is 46.0 cm³/mol. The summed E-state index contributed by atoms with van der Waals surface area (Å²) in [6.45, 7) is 0. The second-order valence-electron chi connectivity index (χ2n) is 1.97. The highest BCUT2D eigenvalue weighted by Gasteiger charge is 2.04. The van der Waals surface area contributed by atoms with Crippen LogP contribution in [0.1, 0.15) is 0 Å². The third-order valence-corrected chi connectivity index (χ3v) is 2.52. The van der Waals surface area contributed by atoms with E-state index in [9.17, 15) is 4.79 Å². The summed E-state index contributed by atoms with van der Waals surface area (Å²) < 4.78 is 6.48. The maximum atomic E-state index is 11.0. The minimum atomic E-state index is -0.103. The Hall–Kier alpha value is -0.940. The van der Waals surface area contributed by atoms with Crippen molar-refractivity contribution >= 4 is 23.1 Å². The molecular weight excluding hydrogens is 180 g/mol. The van der Waals surface area contributed by atoms with Gasteiger partial charge >= 0.3 is 0 Å². The van der Waals surface area contributed by atoms with Crippen molar-refractivity contribution in [2.75, 3.05) is 0 Å². The van der Waals surface area contributed by atoms with E-state index in [4.69, 9.17) is 0 Å². The average molecular weight is 184 g/mol. The van der Waals surface area contributed by atoms with Crippen LogP contribution in [0.15, 0.2) is 21.6 Å². The van der Waals surface area contributed by atoms with Gasteiger partial charge in [-0.05, 0) is 11.4 Å². The summed E-state index contributed by atoms with van der Waals surface area (Å²) in [6.07, 6.45) is 0. The molecule has 2 heterocycles. The third-order valence-electron chi connectivity index (χ3n) is 1.28. The molecule has 3 nitrogen and oxygen atoms in total. The van der Waals surface area contributed by atoms with E-state index in [1.807, 2.05) is 16.8 Å². The lowest BCUT2D eigenvalue weighted by Crippen LogP contribution is -2.00. The number of aromatic nitrogens is 2. The van der Waals surface area contributed by atoms with Crippen LogP contribution in [-0.4, -0.2) is 8.75 Å². The second-order valence-corrected chi connectivity index (χ2v) is 3.32. The molecule has 11 heavy (non-hydrogen) atoms. The van der Waals surface area contributed by atoms with Gasteiger partial charge in [-0.15, -0.1) is 0 Å². The summed E-state index contributed by atoms with van der Waals surface area (Å²) in [6, 6.07) is 1.88. The molecule has 2 rings (SSSR count). The number of aromatic amines is 1. The Balaban J connectivity index is 2.62. The summed E-state index contributed by atoms with van der Waals surface area (Å²) in [7, 11) is 0. The fourth-order valence-electron chi connectivity index (χ4n) is 0.783. The Morgan fingerprint density at radius 1 is 1.55 bits per heavy atom. The number of nitrogens with one attached hydrogen (secondary N) is 1. The Kier molecular flexibility index (Phi) is 1.59. The number of rotatable bonds is 1. The van der Waals surface area contributed by atoms with Crippen LogP contribution in [0.4, 0.5) is 0 Å². The molecule has 0 fully saturated rings. The molecule has 0 spiro atoms. The maximum absolute atomic E-state index is 11.0. The monoisotopic (exact) mass is 184 g/mol. The normalized spacial score (nSPS) is 10.2. The molecule has 0 aliphatic heterocycles. The summed E-state index contributed by atoms with van der Waals surface area (Å²) in [4.78, 5) is 11.0. The van der Waals surface area contributed by atoms with Gasteiger partial charge in [-0.1, -0.05) is 0 Å². The maximum Gasteiger partial charge on any atom is 0.285 e. The van der Waals surface area contributed by atoms with Gasteiger partial charge in [0.25, 0.3) is 5.56 Å². The van der Waals surface area contributed by atoms with Gasteiger partial charge < -0.3 is 0 Å². The van der Waals surface area contributed by atoms with Crippen molar-refractivity contribution in [1.82, 2.24) is 8.75 Å². The number of hydrogen-bond acceptors (Lipinski definition) is 4. The van der Waals surface area contributed by atoms with Crippen molar-refractivity contribution in [3.8, 4) is 11.3 Å². The molecule has 0 saturated heterocycles. The zero-order chi connectivity index (χ0) is 7.68. The number of thiophene rings is 1. The molecule has 0 aromatic carbocycles. The van der Waals surface area contributed by atoms with Crippen molar-refractivity contribution in [2.24, 2.45) is 0 Å². The van der Waals surface area contributed by atoms with Gasteiger partial charge in [0.1, 0.15) is 0 Å². The molecule has 0 aliphatic carbocycles. The molecule has 56 valence electrons. The lowest BCUT2D eigenvalue weighted by Gasteiger charge is -1.81. The molecule has 1 N–H and O–H groups in total. The Morgan fingerprint density at radius 3 is 3.00 bits per heavy atom. The van der Waals surface area contributed by atoms with Crippen LogP contribution in [0.25, 0.3) is 11.3 Å². The van der Waals surface area contributed by atoms with Crippen LogP contribution < -0.4 is 5.56 Å². The van der Waals surface area contributed by atoms with Gasteiger partial charge in [0.05, 0.1) is 0 Å². The molecule has 2 aromatic rings. The first-order valence-corrected chi connectivity index (χ1v) is 4.66. The van der Waals surface area contributed by atoms with Crippen LogP contribution in [0.5, 0.6) is 0 Å². The quantitative estimate of drug-likeness (QED) is 0.731. The zero-order valence-electron chi connectivity index (χ0n) is 5.40. The van der Waals surface area contributed by atoms with Gasteiger partial charge in [-0.2, -0.15) is 15.7 Å². The smallest absolute Gasteiger partial charge is 0.266 e. The average Bonchev–Trinajstić information content (AvgIpc) is 2.55. The SMILES string of the molecule is O=c1[nH]snc1-c1ccsc1. The highest BCUT2D eigenvalue weighted by molar-refractivity contribution is 7.08. The van der Waals surface area contributed by atoms with E-state index >= 15 is 0 Å². The van der Waals surface area contributed by atoms with Crippen LogP contribution in [0, 0.1) is 0 Å². The number of hydrogen-bond donors (Lipinski definition) is 1. The predicted octanol–water partition coefficient (Wildman–Crippen LogP) is 1.56. The topological polar surface area (TPSA) is 45.8 Å². The summed E-state index contributed by atoms with van der Waals surface area (Å²) in [5.41, 5.74) is 1.32. The van der Waals surface area contributed by atoms with Crippen molar-refractivity contribution in [2.45, 2.75) is 0 Å². The van der Waals surface area contributed by atoms with E-state index in [1.165, 1.54) is 0 Å². The van der Waals surface area contributed by atoms with E-state index in [2.05, 4.69) is 8.75 Å². The van der Waals surface area contributed by atoms with E-state index in [1.54, 1.807) is 11.3 Å². The van der Waals surface area contributed by atoms with Crippen LogP contribution in [-0.2, 0) is 0 Å². The minimum Gasteiger partial charge on any atom is -0.266 e. The van der Waals surface area contributed by atoms with E-state index in [0.717, 1.165) is 17.3 Å². The second kappa shape index (κ2) is 2.60. The summed E-state index contributed by atoms with van der Waals surface area (Å²) >= 11 is 2.64. The fraction of sp³-hybridized carbons (Fsp3) is 0. The van der Waals surface area contributed by atoms with Crippen molar-refractivity contribution in [1.29, 1.82) is 0 Å². The van der Waals surface area contributed by atoms with Crippen molar-refractivity contribution in [3.05, 3.63) is 27.2 Å². The van der Waals surface area contributed by atoms with E-state index < -0.39 is 0 Å². The van der Waals surface area contributed by atoms with E-state index in [0.29, 0.717) is 5.69 Å². The third kappa shape index (κ3) is 1.12. The van der Waals surface area contributed by atoms with Crippen molar-refractivity contribution < 1.29 is 0 Å². The largest absolute Gasteiger partial charge is 0.285 e. The van der Waals surface area contributed by atoms with Gasteiger partial charge in [0.2, 0.25) is 0 Å². The molecule has 0 aliphatic rings. The van der Waals surface area contributed by atoms with Crippen LogP contribution >= 0.6 is 23.1 Å².